The second-order valence-electron chi connectivity index (χ2n) is 7.35. The number of nitrogens with zero attached hydrogens (tertiary/aromatic N) is 2. The summed E-state index contributed by atoms with van der Waals surface area (Å²) in [6.45, 7) is 1.86. The minimum atomic E-state index is -0.875. The number of carbonyl (C=O) groups excluding carboxylic acids is 2. The third-order valence-corrected chi connectivity index (χ3v) is 5.05. The Morgan fingerprint density at radius 3 is 2.06 bits per heavy atom. The molecule has 3 N–H and O–H groups in total. The zero-order valence-corrected chi connectivity index (χ0v) is 19.1. The van der Waals surface area contributed by atoms with Crippen LogP contribution in [-0.4, -0.2) is 26.8 Å². The molecule has 35 heavy (non-hydrogen) atoms. The van der Waals surface area contributed by atoms with Gasteiger partial charge in [0.15, 0.2) is 5.11 Å². The molecule has 2 amide bonds. The van der Waals surface area contributed by atoms with Gasteiger partial charge >= 0.3 is 0 Å². The van der Waals surface area contributed by atoms with Crippen LogP contribution < -0.4 is 16.0 Å². The summed E-state index contributed by atoms with van der Waals surface area (Å²) in [5.41, 5.74) is 0.179. The average molecular weight is 494 g/mol. The molecule has 1 unspecified atom stereocenters. The average Bonchev–Trinajstić information content (AvgIpc) is 2.84. The molecule has 0 aliphatic rings. The first kappa shape index (κ1) is 24.9. The van der Waals surface area contributed by atoms with Crippen molar-refractivity contribution in [1.29, 1.82) is 0 Å². The lowest BCUT2D eigenvalue weighted by molar-refractivity contribution is -0.394. The maximum Gasteiger partial charge on any atom is 0.277 e. The van der Waals surface area contributed by atoms with E-state index in [1.165, 1.54) is 6.07 Å². The third kappa shape index (κ3) is 6.65. The number of benzene rings is 3. The molecular weight excluding hydrogens is 474 g/mol. The van der Waals surface area contributed by atoms with Crippen LogP contribution in [0.2, 0.25) is 0 Å². The highest BCUT2D eigenvalue weighted by Gasteiger charge is 2.20. The van der Waals surface area contributed by atoms with Crippen molar-refractivity contribution >= 4 is 46.2 Å². The van der Waals surface area contributed by atoms with Gasteiger partial charge in [-0.3, -0.25) is 35.1 Å². The summed E-state index contributed by atoms with van der Waals surface area (Å²) in [6, 6.07) is 18.2. The first-order valence-corrected chi connectivity index (χ1v) is 10.6. The monoisotopic (exact) mass is 493 g/mol. The van der Waals surface area contributed by atoms with Gasteiger partial charge in [-0.1, -0.05) is 36.4 Å². The molecule has 12 heteroatoms. The van der Waals surface area contributed by atoms with Gasteiger partial charge in [-0.05, 0) is 42.9 Å². The number of amides is 2. The standard InChI is InChI=1S/C23H19N5O6S/c1-14(15-6-3-2-4-7-15)24-21(29)16-8-5-9-18(10-16)25-23(35)26-22(30)17-11-19(27(31)32)13-20(12-17)28(33)34/h2-14H,1H3,(H,24,29)(H2,25,26,30,35). The molecule has 0 fully saturated rings. The number of nitro groups is 2. The highest BCUT2D eigenvalue weighted by atomic mass is 32.1. The Hall–Kier alpha value is -4.71. The lowest BCUT2D eigenvalue weighted by Gasteiger charge is -2.15. The lowest BCUT2D eigenvalue weighted by Crippen LogP contribution is -2.34. The second kappa shape index (κ2) is 10.9. The van der Waals surface area contributed by atoms with E-state index in [0.717, 1.165) is 23.8 Å². The van der Waals surface area contributed by atoms with E-state index in [-0.39, 0.29) is 22.6 Å². The van der Waals surface area contributed by atoms with Crippen LogP contribution in [0.4, 0.5) is 17.1 Å². The number of thiocarbonyl (C=S) groups is 1. The first-order valence-electron chi connectivity index (χ1n) is 10.2. The van der Waals surface area contributed by atoms with Gasteiger partial charge in [0.05, 0.1) is 27.5 Å². The van der Waals surface area contributed by atoms with Crippen LogP contribution in [0.3, 0.4) is 0 Å². The smallest absolute Gasteiger partial charge is 0.277 e. The zero-order chi connectivity index (χ0) is 25.5. The van der Waals surface area contributed by atoms with E-state index in [4.69, 9.17) is 12.2 Å². The minimum Gasteiger partial charge on any atom is -0.346 e. The van der Waals surface area contributed by atoms with Crippen molar-refractivity contribution < 1.29 is 19.4 Å². The number of carbonyl (C=O) groups is 2. The maximum atomic E-state index is 12.7. The van der Waals surface area contributed by atoms with E-state index < -0.39 is 27.1 Å². The summed E-state index contributed by atoms with van der Waals surface area (Å²) in [6.07, 6.45) is 0. The van der Waals surface area contributed by atoms with Crippen molar-refractivity contribution in [1.82, 2.24) is 10.6 Å². The largest absolute Gasteiger partial charge is 0.346 e. The number of non-ortho nitro benzene ring substituents is 2. The van der Waals surface area contributed by atoms with E-state index in [2.05, 4.69) is 16.0 Å². The fraction of sp³-hybridized carbons (Fsp3) is 0.0870. The summed E-state index contributed by atoms with van der Waals surface area (Å²) in [5.74, 6) is -1.19. The molecule has 0 saturated carbocycles. The van der Waals surface area contributed by atoms with E-state index >= 15 is 0 Å². The molecule has 178 valence electrons. The fourth-order valence-electron chi connectivity index (χ4n) is 3.12. The van der Waals surface area contributed by atoms with Gasteiger partial charge in [0.1, 0.15) is 0 Å². The highest BCUT2D eigenvalue weighted by molar-refractivity contribution is 7.80. The first-order chi connectivity index (χ1) is 16.6. The number of nitrogens with one attached hydrogen (secondary N) is 3. The van der Waals surface area contributed by atoms with E-state index in [1.807, 2.05) is 37.3 Å². The van der Waals surface area contributed by atoms with Gasteiger partial charge in [0, 0.05) is 23.4 Å². The molecule has 0 aliphatic carbocycles. The van der Waals surface area contributed by atoms with Gasteiger partial charge in [-0.25, -0.2) is 0 Å². The normalized spacial score (nSPS) is 11.1. The number of anilines is 1. The van der Waals surface area contributed by atoms with E-state index in [9.17, 15) is 29.8 Å². The Kier molecular flexibility index (Phi) is 7.79. The maximum absolute atomic E-state index is 12.7. The van der Waals surface area contributed by atoms with Crippen LogP contribution in [0.5, 0.6) is 0 Å². The highest BCUT2D eigenvalue weighted by Crippen LogP contribution is 2.23. The molecule has 0 heterocycles. The predicted molar refractivity (Wildman–Crippen MR) is 132 cm³/mol. The van der Waals surface area contributed by atoms with Crippen molar-refractivity contribution in [2.45, 2.75) is 13.0 Å². The van der Waals surface area contributed by atoms with Crippen molar-refractivity contribution in [2.24, 2.45) is 0 Å². The molecule has 3 aromatic rings. The van der Waals surface area contributed by atoms with Crippen LogP contribution in [0.15, 0.2) is 72.8 Å². The number of hydrogen-bond donors (Lipinski definition) is 3. The summed E-state index contributed by atoms with van der Waals surface area (Å²) in [5, 5.41) is 29.9. The van der Waals surface area contributed by atoms with Crippen molar-refractivity contribution in [3.05, 3.63) is 110 Å². The molecule has 0 aromatic heterocycles. The second-order valence-corrected chi connectivity index (χ2v) is 7.76. The fourth-order valence-corrected chi connectivity index (χ4v) is 3.33. The van der Waals surface area contributed by atoms with Gasteiger partial charge in [0.2, 0.25) is 0 Å². The molecule has 0 spiro atoms. The van der Waals surface area contributed by atoms with Crippen LogP contribution in [0, 0.1) is 20.2 Å². The summed E-state index contributed by atoms with van der Waals surface area (Å²) in [7, 11) is 0. The van der Waals surface area contributed by atoms with Crippen molar-refractivity contribution in [2.75, 3.05) is 5.32 Å². The SMILES string of the molecule is CC(NC(=O)c1cccc(NC(=S)NC(=O)c2cc([N+](=O)[O-])cc([N+](=O)[O-])c2)c1)c1ccccc1. The Morgan fingerprint density at radius 2 is 1.46 bits per heavy atom. The zero-order valence-electron chi connectivity index (χ0n) is 18.3. The Balaban J connectivity index is 1.67. The van der Waals surface area contributed by atoms with Gasteiger partial charge in [-0.15, -0.1) is 0 Å². The topological polar surface area (TPSA) is 157 Å². The Morgan fingerprint density at radius 1 is 0.829 bits per heavy atom. The molecule has 3 rings (SSSR count). The lowest BCUT2D eigenvalue weighted by atomic mass is 10.1. The van der Waals surface area contributed by atoms with Crippen LogP contribution in [-0.2, 0) is 0 Å². The molecular formula is C23H19N5O6S. The van der Waals surface area contributed by atoms with Crippen molar-refractivity contribution in [3.63, 3.8) is 0 Å². The van der Waals surface area contributed by atoms with Crippen LogP contribution in [0.25, 0.3) is 0 Å². The van der Waals surface area contributed by atoms with Gasteiger partial charge in [-0.2, -0.15) is 0 Å². The number of nitro benzene ring substituents is 2. The molecule has 0 aliphatic heterocycles. The van der Waals surface area contributed by atoms with E-state index in [1.54, 1.807) is 18.2 Å². The minimum absolute atomic E-state index is 0.167. The molecule has 3 aromatic carbocycles. The van der Waals surface area contributed by atoms with Crippen molar-refractivity contribution in [3.8, 4) is 0 Å². The van der Waals surface area contributed by atoms with Gasteiger partial charge < -0.3 is 10.6 Å². The molecule has 0 bridgehead atoms. The molecule has 0 radical (unpaired) electrons. The van der Waals surface area contributed by atoms with Crippen LogP contribution >= 0.6 is 12.2 Å². The van der Waals surface area contributed by atoms with Gasteiger partial charge in [0.25, 0.3) is 23.2 Å². The number of hydrogen-bond acceptors (Lipinski definition) is 7. The molecule has 1 atom stereocenters. The predicted octanol–water partition coefficient (Wildman–Crippen LogP) is 4.12. The third-order valence-electron chi connectivity index (χ3n) is 4.84. The Bertz CT molecular complexity index is 1280. The summed E-state index contributed by atoms with van der Waals surface area (Å²) < 4.78 is 0. The number of rotatable bonds is 7. The van der Waals surface area contributed by atoms with E-state index in [0.29, 0.717) is 11.3 Å². The molecule has 0 saturated heterocycles. The van der Waals surface area contributed by atoms with Crippen LogP contribution in [0.1, 0.15) is 39.2 Å². The summed E-state index contributed by atoms with van der Waals surface area (Å²) in [4.78, 5) is 45.5. The quantitative estimate of drug-likeness (QED) is 0.252. The Labute approximate surface area is 204 Å². The summed E-state index contributed by atoms with van der Waals surface area (Å²) >= 11 is 5.11. The molecule has 11 nitrogen and oxygen atoms in total.